The fourth-order valence-corrected chi connectivity index (χ4v) is 3.24. The van der Waals surface area contributed by atoms with Gasteiger partial charge in [-0.25, -0.2) is 4.68 Å². The third-order valence-corrected chi connectivity index (χ3v) is 4.71. The molecule has 2 aromatic rings. The minimum absolute atomic E-state index is 0.0520. The van der Waals surface area contributed by atoms with Gasteiger partial charge in [0.15, 0.2) is 0 Å². The molecule has 1 atom stereocenters. The smallest absolute Gasteiger partial charge is 0.254 e. The lowest BCUT2D eigenvalue weighted by Crippen LogP contribution is -2.39. The van der Waals surface area contributed by atoms with Crippen molar-refractivity contribution >= 4 is 5.91 Å². The summed E-state index contributed by atoms with van der Waals surface area (Å²) in [7, 11) is 0. The summed E-state index contributed by atoms with van der Waals surface area (Å²) in [5, 5.41) is 7.27. The molecule has 5 heteroatoms. The van der Waals surface area contributed by atoms with E-state index in [4.69, 9.17) is 0 Å². The Balaban J connectivity index is 1.45. The van der Waals surface area contributed by atoms with Crippen LogP contribution in [0, 0.1) is 0 Å². The Morgan fingerprint density at radius 1 is 1.29 bits per heavy atom. The highest BCUT2D eigenvalue weighted by molar-refractivity contribution is 5.93. The molecule has 1 amide bonds. The van der Waals surface area contributed by atoms with Crippen molar-refractivity contribution < 1.29 is 4.79 Å². The third-order valence-electron chi connectivity index (χ3n) is 4.71. The zero-order valence-electron chi connectivity index (χ0n) is 14.3. The van der Waals surface area contributed by atoms with Crippen LogP contribution < -0.4 is 5.32 Å². The van der Waals surface area contributed by atoms with Gasteiger partial charge in [0.2, 0.25) is 0 Å². The number of hydrogen-bond acceptors (Lipinski definition) is 3. The minimum atomic E-state index is -0.0520. The first kappa shape index (κ1) is 16.7. The van der Waals surface area contributed by atoms with Crippen LogP contribution in [0.15, 0.2) is 42.7 Å². The lowest BCUT2D eigenvalue weighted by atomic mass is 10.0. The number of hydrogen-bond donors (Lipinski definition) is 1. The second-order valence-electron chi connectivity index (χ2n) is 6.50. The predicted octanol–water partition coefficient (Wildman–Crippen LogP) is 2.87. The van der Waals surface area contributed by atoms with Crippen LogP contribution in [-0.2, 0) is 0 Å². The highest BCUT2D eigenvalue weighted by atomic mass is 16.1. The van der Waals surface area contributed by atoms with E-state index in [0.717, 1.165) is 18.7 Å². The first-order chi connectivity index (χ1) is 11.7. The van der Waals surface area contributed by atoms with Gasteiger partial charge in [0.25, 0.3) is 5.91 Å². The van der Waals surface area contributed by atoms with Crippen LogP contribution >= 0.6 is 0 Å². The van der Waals surface area contributed by atoms with Gasteiger partial charge in [-0.15, -0.1) is 0 Å². The maximum Gasteiger partial charge on any atom is 0.254 e. The van der Waals surface area contributed by atoms with Gasteiger partial charge in [-0.1, -0.05) is 24.6 Å². The van der Waals surface area contributed by atoms with E-state index in [1.165, 1.54) is 25.8 Å². The number of nitrogens with zero attached hydrogens (tertiary/aromatic N) is 3. The Morgan fingerprint density at radius 3 is 2.92 bits per heavy atom. The second kappa shape index (κ2) is 8.11. The summed E-state index contributed by atoms with van der Waals surface area (Å²) in [5.41, 5.74) is 1.56. The summed E-state index contributed by atoms with van der Waals surface area (Å²) < 4.78 is 1.73. The van der Waals surface area contributed by atoms with Gasteiger partial charge < -0.3 is 10.2 Å². The molecule has 1 aliphatic rings. The lowest BCUT2D eigenvalue weighted by Gasteiger charge is -2.33. The molecule has 5 nitrogen and oxygen atoms in total. The number of amides is 1. The maximum absolute atomic E-state index is 12.2. The normalized spacial score (nSPS) is 18.5. The Morgan fingerprint density at radius 2 is 2.12 bits per heavy atom. The SMILES string of the molecule is CC1CCCCN1CCCNC(=O)c1cnn(-c2ccccc2)c1. The van der Waals surface area contributed by atoms with Crippen LogP contribution in [0.2, 0.25) is 0 Å². The average molecular weight is 326 g/mol. The molecule has 1 fully saturated rings. The Labute approximate surface area is 143 Å². The summed E-state index contributed by atoms with van der Waals surface area (Å²) in [6.45, 7) is 5.26. The standard InChI is InChI=1S/C19H26N4O/c1-16-8-5-6-12-22(16)13-7-11-20-19(24)17-14-21-23(15-17)18-9-3-2-4-10-18/h2-4,9-10,14-16H,5-8,11-13H2,1H3,(H,20,24). The van der Waals surface area contributed by atoms with Gasteiger partial charge >= 0.3 is 0 Å². The van der Waals surface area contributed by atoms with Crippen molar-refractivity contribution in [3.05, 3.63) is 48.3 Å². The molecule has 0 saturated carbocycles. The van der Waals surface area contributed by atoms with E-state index in [9.17, 15) is 4.79 Å². The van der Waals surface area contributed by atoms with Crippen molar-refractivity contribution in [1.29, 1.82) is 0 Å². The number of rotatable bonds is 6. The van der Waals surface area contributed by atoms with Crippen molar-refractivity contribution in [3.8, 4) is 5.69 Å². The molecule has 0 radical (unpaired) electrons. The molecule has 24 heavy (non-hydrogen) atoms. The summed E-state index contributed by atoms with van der Waals surface area (Å²) in [6.07, 6.45) is 8.33. The van der Waals surface area contributed by atoms with Gasteiger partial charge in [0.1, 0.15) is 0 Å². The van der Waals surface area contributed by atoms with Crippen LogP contribution in [-0.4, -0.2) is 46.3 Å². The Hall–Kier alpha value is -2.14. The van der Waals surface area contributed by atoms with Gasteiger partial charge in [-0.3, -0.25) is 4.79 Å². The molecular weight excluding hydrogens is 300 g/mol. The van der Waals surface area contributed by atoms with Crippen molar-refractivity contribution in [1.82, 2.24) is 20.0 Å². The van der Waals surface area contributed by atoms with E-state index < -0.39 is 0 Å². The van der Waals surface area contributed by atoms with E-state index >= 15 is 0 Å². The number of carbonyl (C=O) groups is 1. The second-order valence-corrected chi connectivity index (χ2v) is 6.50. The fourth-order valence-electron chi connectivity index (χ4n) is 3.24. The quantitative estimate of drug-likeness (QED) is 0.831. The topological polar surface area (TPSA) is 50.2 Å². The maximum atomic E-state index is 12.2. The van der Waals surface area contributed by atoms with Crippen molar-refractivity contribution in [2.75, 3.05) is 19.6 Å². The van der Waals surface area contributed by atoms with Gasteiger partial charge in [-0.2, -0.15) is 5.10 Å². The van der Waals surface area contributed by atoms with Crippen molar-refractivity contribution in [3.63, 3.8) is 0 Å². The largest absolute Gasteiger partial charge is 0.352 e. The number of piperidine rings is 1. The number of likely N-dealkylation sites (tertiary alicyclic amines) is 1. The monoisotopic (exact) mass is 326 g/mol. The van der Waals surface area contributed by atoms with Crippen LogP contribution in [0.4, 0.5) is 0 Å². The predicted molar refractivity (Wildman–Crippen MR) is 95.4 cm³/mol. The first-order valence-electron chi connectivity index (χ1n) is 8.86. The number of nitrogens with one attached hydrogen (secondary N) is 1. The number of aromatic nitrogens is 2. The highest BCUT2D eigenvalue weighted by Gasteiger charge is 2.17. The van der Waals surface area contributed by atoms with E-state index in [-0.39, 0.29) is 5.91 Å². The summed E-state index contributed by atoms with van der Waals surface area (Å²) in [5.74, 6) is -0.0520. The van der Waals surface area contributed by atoms with Gasteiger partial charge in [0, 0.05) is 25.3 Å². The van der Waals surface area contributed by atoms with E-state index in [1.54, 1.807) is 17.1 Å². The molecule has 3 rings (SSSR count). The number of para-hydroxylation sites is 1. The van der Waals surface area contributed by atoms with Crippen LogP contribution in [0.5, 0.6) is 0 Å². The molecular formula is C19H26N4O. The first-order valence-corrected chi connectivity index (χ1v) is 8.86. The molecule has 0 spiro atoms. The Kier molecular flexibility index (Phi) is 5.64. The zero-order valence-corrected chi connectivity index (χ0v) is 14.3. The molecule has 1 aromatic heterocycles. The van der Waals surface area contributed by atoms with Crippen LogP contribution in [0.25, 0.3) is 5.69 Å². The van der Waals surface area contributed by atoms with E-state index in [2.05, 4.69) is 22.2 Å². The van der Waals surface area contributed by atoms with Crippen molar-refractivity contribution in [2.45, 2.75) is 38.6 Å². The molecule has 1 unspecified atom stereocenters. The summed E-state index contributed by atoms with van der Waals surface area (Å²) in [4.78, 5) is 14.8. The molecule has 2 heterocycles. The molecule has 1 aromatic carbocycles. The summed E-state index contributed by atoms with van der Waals surface area (Å²) >= 11 is 0. The number of carbonyl (C=O) groups excluding carboxylic acids is 1. The zero-order chi connectivity index (χ0) is 16.8. The fraction of sp³-hybridized carbons (Fsp3) is 0.474. The van der Waals surface area contributed by atoms with Gasteiger partial charge in [-0.05, 0) is 44.9 Å². The van der Waals surface area contributed by atoms with Crippen LogP contribution in [0.3, 0.4) is 0 Å². The van der Waals surface area contributed by atoms with E-state index in [1.807, 2.05) is 30.3 Å². The Bertz CT molecular complexity index is 652. The molecule has 0 aliphatic carbocycles. The van der Waals surface area contributed by atoms with E-state index in [0.29, 0.717) is 18.2 Å². The molecule has 0 bridgehead atoms. The molecule has 128 valence electrons. The summed E-state index contributed by atoms with van der Waals surface area (Å²) in [6, 6.07) is 10.5. The van der Waals surface area contributed by atoms with Crippen LogP contribution in [0.1, 0.15) is 43.0 Å². The van der Waals surface area contributed by atoms with Gasteiger partial charge in [0.05, 0.1) is 17.4 Å². The molecule has 1 aliphatic heterocycles. The number of benzene rings is 1. The lowest BCUT2D eigenvalue weighted by molar-refractivity contribution is 0.0949. The molecule has 1 saturated heterocycles. The molecule has 1 N–H and O–H groups in total. The van der Waals surface area contributed by atoms with Crippen molar-refractivity contribution in [2.24, 2.45) is 0 Å². The third kappa shape index (κ3) is 4.23. The average Bonchev–Trinajstić information content (AvgIpc) is 3.11. The highest BCUT2D eigenvalue weighted by Crippen LogP contribution is 2.16. The minimum Gasteiger partial charge on any atom is -0.352 e.